The summed E-state index contributed by atoms with van der Waals surface area (Å²) in [6, 6.07) is 0. The number of hydrogen-bond acceptors (Lipinski definition) is 3. The molecule has 1 atom stereocenters. The van der Waals surface area contributed by atoms with E-state index >= 15 is 0 Å². The van der Waals surface area contributed by atoms with Crippen molar-refractivity contribution in [3.63, 3.8) is 0 Å². The van der Waals surface area contributed by atoms with Crippen LogP contribution in [0.5, 0.6) is 0 Å². The number of hydrogen-bond donors (Lipinski definition) is 1. The maximum absolute atomic E-state index is 9.54. The van der Waals surface area contributed by atoms with E-state index in [1.807, 2.05) is 0 Å². The van der Waals surface area contributed by atoms with E-state index < -0.39 is 5.69 Å². The van der Waals surface area contributed by atoms with Crippen molar-refractivity contribution >= 4 is 28.9 Å². The number of unbranched alkanes of at least 4 members (excludes halogenated alkanes) is 1. The molecule has 0 spiro atoms. The Morgan fingerprint density at radius 3 is 2.58 bits per heavy atom. The van der Waals surface area contributed by atoms with Crippen LogP contribution in [0.1, 0.15) is 33.1 Å². The summed E-state index contributed by atoms with van der Waals surface area (Å²) in [5.74, 6) is 0.889. The van der Waals surface area contributed by atoms with Crippen molar-refractivity contribution < 1.29 is 9.42 Å². The van der Waals surface area contributed by atoms with Gasteiger partial charge in [0.25, 0.3) is 0 Å². The summed E-state index contributed by atoms with van der Waals surface area (Å²) in [4.78, 5) is 9.54. The summed E-state index contributed by atoms with van der Waals surface area (Å²) in [6.07, 6.45) is 3.08. The van der Waals surface area contributed by atoms with Gasteiger partial charge in [0.05, 0.1) is 6.61 Å². The lowest BCUT2D eigenvalue weighted by atomic mass is 10.4. The third-order valence-corrected chi connectivity index (χ3v) is 5.74. The fraction of sp³-hybridized carbons (Fsp3) is 1.00. The van der Waals surface area contributed by atoms with Crippen molar-refractivity contribution in [2.45, 2.75) is 33.1 Å². The van der Waals surface area contributed by atoms with Crippen LogP contribution in [0.25, 0.3) is 0 Å². The first-order valence-corrected chi connectivity index (χ1v) is 8.50. The van der Waals surface area contributed by atoms with E-state index in [4.69, 9.17) is 16.3 Å². The zero-order valence-electron chi connectivity index (χ0n) is 7.65. The van der Waals surface area contributed by atoms with E-state index in [1.165, 1.54) is 11.4 Å². The molecule has 0 amide bonds. The van der Waals surface area contributed by atoms with E-state index in [1.54, 1.807) is 0 Å². The smallest absolute Gasteiger partial charge is 0.244 e. The van der Waals surface area contributed by atoms with Crippen LogP contribution in [-0.4, -0.2) is 17.3 Å². The van der Waals surface area contributed by atoms with Crippen LogP contribution in [0.15, 0.2) is 0 Å². The first-order chi connectivity index (χ1) is 5.62. The van der Waals surface area contributed by atoms with E-state index in [0.29, 0.717) is 6.61 Å². The van der Waals surface area contributed by atoms with Gasteiger partial charge in [0.15, 0.2) is 0 Å². The van der Waals surface area contributed by atoms with E-state index in [2.05, 4.69) is 13.8 Å². The fourth-order valence-corrected chi connectivity index (χ4v) is 4.00. The third-order valence-electron chi connectivity index (χ3n) is 1.21. The lowest BCUT2D eigenvalue weighted by molar-refractivity contribution is 0.312. The first-order valence-electron chi connectivity index (χ1n) is 4.24. The molecule has 0 aromatic heterocycles. The topological polar surface area (TPSA) is 29.5 Å². The van der Waals surface area contributed by atoms with E-state index in [9.17, 15) is 4.89 Å². The highest BCUT2D eigenvalue weighted by atomic mass is 32.9. The molecular formula is C7H17O2PS2. The minimum absolute atomic E-state index is 0.598. The monoisotopic (exact) mass is 228 g/mol. The molecule has 1 unspecified atom stereocenters. The van der Waals surface area contributed by atoms with Gasteiger partial charge < -0.3 is 9.42 Å². The van der Waals surface area contributed by atoms with Gasteiger partial charge in [-0.25, -0.2) is 0 Å². The quantitative estimate of drug-likeness (QED) is 0.535. The van der Waals surface area contributed by atoms with Crippen molar-refractivity contribution in [1.82, 2.24) is 0 Å². The molecule has 0 heterocycles. The second-order valence-corrected chi connectivity index (χ2v) is 8.79. The van der Waals surface area contributed by atoms with Gasteiger partial charge in [0.1, 0.15) is 0 Å². The first kappa shape index (κ1) is 12.9. The zero-order chi connectivity index (χ0) is 9.45. The van der Waals surface area contributed by atoms with Crippen molar-refractivity contribution in [3.05, 3.63) is 0 Å². The lowest BCUT2D eigenvalue weighted by Gasteiger charge is -2.13. The molecule has 2 nitrogen and oxygen atoms in total. The van der Waals surface area contributed by atoms with Gasteiger partial charge in [0.2, 0.25) is 5.69 Å². The molecule has 0 fully saturated rings. The minimum Gasteiger partial charge on any atom is -0.337 e. The highest BCUT2D eigenvalue weighted by molar-refractivity contribution is 8.67. The van der Waals surface area contributed by atoms with Crippen molar-refractivity contribution in [2.75, 3.05) is 12.4 Å². The maximum Gasteiger partial charge on any atom is 0.244 e. The summed E-state index contributed by atoms with van der Waals surface area (Å²) >= 11 is 6.32. The molecular weight excluding hydrogens is 211 g/mol. The fourth-order valence-electron chi connectivity index (χ4n) is 0.568. The molecule has 0 radical (unpaired) electrons. The van der Waals surface area contributed by atoms with Gasteiger partial charge in [-0.2, -0.15) is 0 Å². The highest BCUT2D eigenvalue weighted by Gasteiger charge is 2.12. The van der Waals surface area contributed by atoms with Crippen LogP contribution in [-0.2, 0) is 16.3 Å². The summed E-state index contributed by atoms with van der Waals surface area (Å²) in [5.41, 5.74) is -2.49. The number of rotatable bonds is 7. The summed E-state index contributed by atoms with van der Waals surface area (Å²) in [5, 5.41) is 0. The molecule has 0 aromatic carbocycles. The predicted octanol–water partition coefficient (Wildman–Crippen LogP) is 3.16. The Labute approximate surface area is 84.0 Å². The van der Waals surface area contributed by atoms with Crippen LogP contribution < -0.4 is 0 Å². The summed E-state index contributed by atoms with van der Waals surface area (Å²) in [6.45, 7) is 4.75. The molecule has 0 saturated heterocycles. The minimum atomic E-state index is -2.49. The molecule has 0 saturated carbocycles. The Kier molecular flexibility index (Phi) is 7.90. The third kappa shape index (κ3) is 7.56. The molecule has 1 N–H and O–H groups in total. The average molecular weight is 228 g/mol. The zero-order valence-corrected chi connectivity index (χ0v) is 10.2. The van der Waals surface area contributed by atoms with Gasteiger partial charge >= 0.3 is 0 Å². The van der Waals surface area contributed by atoms with Gasteiger partial charge in [-0.15, -0.1) is 0 Å². The van der Waals surface area contributed by atoms with Crippen molar-refractivity contribution in [3.8, 4) is 0 Å². The molecule has 0 aromatic rings. The highest BCUT2D eigenvalue weighted by Crippen LogP contribution is 2.56. The van der Waals surface area contributed by atoms with Crippen LogP contribution in [0.3, 0.4) is 0 Å². The largest absolute Gasteiger partial charge is 0.337 e. The van der Waals surface area contributed by atoms with E-state index in [0.717, 1.165) is 25.0 Å². The second-order valence-electron chi connectivity index (χ2n) is 2.49. The molecule has 0 aliphatic carbocycles. The Hall–Kier alpha value is 0.920. The van der Waals surface area contributed by atoms with Crippen molar-refractivity contribution in [2.24, 2.45) is 0 Å². The standard InChI is InChI=1S/C7H17O2PS2/c1-3-5-6-9-10(8,11)12-7-4-2/h3-7H2,1-2H3,(H,8,11). The Morgan fingerprint density at radius 2 is 2.08 bits per heavy atom. The molecule has 0 bridgehead atoms. The normalized spacial score (nSPS) is 15.9. The average Bonchev–Trinajstić information content (AvgIpc) is 2.01. The van der Waals surface area contributed by atoms with Crippen LogP contribution >= 0.6 is 17.1 Å². The van der Waals surface area contributed by atoms with Gasteiger partial charge in [-0.3, -0.25) is 0 Å². The Balaban J connectivity index is 3.49. The SMILES string of the molecule is CCCCOP(O)(=S)SCCC. The Bertz CT molecular complexity index is 152. The Morgan fingerprint density at radius 1 is 1.42 bits per heavy atom. The molecule has 0 aliphatic heterocycles. The predicted molar refractivity (Wildman–Crippen MR) is 60.1 cm³/mol. The molecule has 0 aliphatic rings. The molecule has 74 valence electrons. The van der Waals surface area contributed by atoms with Crippen LogP contribution in [0.2, 0.25) is 0 Å². The second kappa shape index (κ2) is 7.34. The van der Waals surface area contributed by atoms with Crippen molar-refractivity contribution in [1.29, 1.82) is 0 Å². The summed E-state index contributed by atoms with van der Waals surface area (Å²) < 4.78 is 5.22. The van der Waals surface area contributed by atoms with Gasteiger partial charge in [0, 0.05) is 5.75 Å². The summed E-state index contributed by atoms with van der Waals surface area (Å²) in [7, 11) is 0. The molecule has 0 rings (SSSR count). The van der Waals surface area contributed by atoms with Gasteiger partial charge in [-0.1, -0.05) is 31.7 Å². The molecule has 12 heavy (non-hydrogen) atoms. The van der Waals surface area contributed by atoms with Gasteiger partial charge in [-0.05, 0) is 24.6 Å². The van der Waals surface area contributed by atoms with E-state index in [-0.39, 0.29) is 0 Å². The maximum atomic E-state index is 9.54. The lowest BCUT2D eigenvalue weighted by Crippen LogP contribution is -1.90. The van der Waals surface area contributed by atoms with Crippen LogP contribution in [0, 0.1) is 0 Å². The molecule has 5 heteroatoms. The van der Waals surface area contributed by atoms with Crippen LogP contribution in [0.4, 0.5) is 0 Å².